The Bertz CT molecular complexity index is 1010. The standard InChI is InChI=1S/C25H26ClN3O/c1-18-23(12-13-24(27-18)19-6-4-3-5-7-19)25(30)29(21-10-8-20(26)9-11-21)22-14-16-28(2)17-15-22/h3-13,22H,14-17H2,1-2H3. The fraction of sp³-hybridized carbons (Fsp3) is 0.280. The Morgan fingerprint density at radius 2 is 1.67 bits per heavy atom. The minimum atomic E-state index is -0.00325. The van der Waals surface area contributed by atoms with Gasteiger partial charge in [-0.25, -0.2) is 0 Å². The lowest BCUT2D eigenvalue weighted by Gasteiger charge is -2.37. The zero-order chi connectivity index (χ0) is 21.1. The van der Waals surface area contributed by atoms with E-state index in [9.17, 15) is 4.79 Å². The summed E-state index contributed by atoms with van der Waals surface area (Å²) in [4.78, 5) is 22.7. The molecule has 4 rings (SSSR count). The van der Waals surface area contributed by atoms with Crippen LogP contribution in [0.15, 0.2) is 66.7 Å². The van der Waals surface area contributed by atoms with Crippen LogP contribution in [0.3, 0.4) is 0 Å². The molecule has 1 saturated heterocycles. The van der Waals surface area contributed by atoms with E-state index in [4.69, 9.17) is 16.6 Å². The van der Waals surface area contributed by atoms with Crippen LogP contribution in [-0.2, 0) is 0 Å². The first kappa shape index (κ1) is 20.6. The van der Waals surface area contributed by atoms with Gasteiger partial charge in [-0.2, -0.15) is 0 Å². The number of benzene rings is 2. The average Bonchev–Trinajstić information content (AvgIpc) is 2.77. The molecule has 154 valence electrons. The van der Waals surface area contributed by atoms with Crippen molar-refractivity contribution < 1.29 is 4.79 Å². The maximum atomic E-state index is 13.7. The summed E-state index contributed by atoms with van der Waals surface area (Å²) in [5.41, 5.74) is 4.19. The smallest absolute Gasteiger partial charge is 0.260 e. The lowest BCUT2D eigenvalue weighted by molar-refractivity contribution is 0.0962. The van der Waals surface area contributed by atoms with Crippen LogP contribution in [0.2, 0.25) is 5.02 Å². The SMILES string of the molecule is Cc1nc(-c2ccccc2)ccc1C(=O)N(c1ccc(Cl)cc1)C1CCN(C)CC1. The number of hydrogen-bond donors (Lipinski definition) is 0. The van der Waals surface area contributed by atoms with Gasteiger partial charge in [0, 0.05) is 22.3 Å². The highest BCUT2D eigenvalue weighted by Gasteiger charge is 2.30. The number of piperidine rings is 1. The van der Waals surface area contributed by atoms with E-state index in [0.29, 0.717) is 10.6 Å². The molecule has 5 heteroatoms. The molecule has 4 nitrogen and oxygen atoms in total. The van der Waals surface area contributed by atoms with Crippen molar-refractivity contribution in [3.05, 3.63) is 83.0 Å². The van der Waals surface area contributed by atoms with Gasteiger partial charge in [0.1, 0.15) is 0 Å². The molecule has 0 N–H and O–H groups in total. The zero-order valence-corrected chi connectivity index (χ0v) is 18.1. The molecule has 0 radical (unpaired) electrons. The topological polar surface area (TPSA) is 36.4 Å². The van der Waals surface area contributed by atoms with Gasteiger partial charge in [-0.3, -0.25) is 9.78 Å². The lowest BCUT2D eigenvalue weighted by atomic mass is 10.0. The second kappa shape index (κ2) is 8.99. The number of pyridine rings is 1. The van der Waals surface area contributed by atoms with Gasteiger partial charge >= 0.3 is 0 Å². The monoisotopic (exact) mass is 419 g/mol. The van der Waals surface area contributed by atoms with Gasteiger partial charge in [-0.15, -0.1) is 0 Å². The van der Waals surface area contributed by atoms with Crippen molar-refractivity contribution in [2.75, 3.05) is 25.0 Å². The number of carbonyl (C=O) groups is 1. The van der Waals surface area contributed by atoms with Gasteiger partial charge in [-0.05, 0) is 76.3 Å². The van der Waals surface area contributed by atoms with Gasteiger partial charge in [0.25, 0.3) is 5.91 Å². The summed E-state index contributed by atoms with van der Waals surface area (Å²) in [6, 6.07) is 21.6. The second-order valence-corrected chi connectivity index (χ2v) is 8.32. The second-order valence-electron chi connectivity index (χ2n) is 7.88. The molecule has 1 aromatic heterocycles. The Kier molecular flexibility index (Phi) is 6.16. The molecule has 0 spiro atoms. The van der Waals surface area contributed by atoms with E-state index in [1.54, 1.807) is 0 Å². The summed E-state index contributed by atoms with van der Waals surface area (Å²) in [6.07, 6.45) is 1.89. The van der Waals surface area contributed by atoms with E-state index in [-0.39, 0.29) is 11.9 Å². The summed E-state index contributed by atoms with van der Waals surface area (Å²) in [5, 5.41) is 0.666. The van der Waals surface area contributed by atoms with Crippen LogP contribution in [-0.4, -0.2) is 42.0 Å². The van der Waals surface area contributed by atoms with Crippen molar-refractivity contribution in [1.82, 2.24) is 9.88 Å². The number of halogens is 1. The van der Waals surface area contributed by atoms with Gasteiger partial charge in [0.15, 0.2) is 0 Å². The highest BCUT2D eigenvalue weighted by atomic mass is 35.5. The first-order valence-corrected chi connectivity index (χ1v) is 10.7. The highest BCUT2D eigenvalue weighted by Crippen LogP contribution is 2.28. The summed E-state index contributed by atoms with van der Waals surface area (Å²) in [7, 11) is 2.13. The molecule has 0 bridgehead atoms. The molecule has 0 saturated carbocycles. The molecular weight excluding hydrogens is 394 g/mol. The number of carbonyl (C=O) groups excluding carboxylic acids is 1. The maximum Gasteiger partial charge on any atom is 0.260 e. The van der Waals surface area contributed by atoms with Crippen LogP contribution in [0, 0.1) is 6.92 Å². The molecule has 1 aliphatic rings. The van der Waals surface area contributed by atoms with E-state index < -0.39 is 0 Å². The number of hydrogen-bond acceptors (Lipinski definition) is 3. The van der Waals surface area contributed by atoms with Crippen molar-refractivity contribution >= 4 is 23.2 Å². The number of likely N-dealkylation sites (tertiary alicyclic amines) is 1. The maximum absolute atomic E-state index is 13.7. The van der Waals surface area contributed by atoms with Crippen LogP contribution < -0.4 is 4.90 Å². The third-order valence-corrected chi connectivity index (χ3v) is 6.01. The molecule has 1 fully saturated rings. The van der Waals surface area contributed by atoms with E-state index >= 15 is 0 Å². The summed E-state index contributed by atoms with van der Waals surface area (Å²) in [5.74, 6) is -0.00325. The molecule has 0 unspecified atom stereocenters. The third kappa shape index (κ3) is 4.40. The number of anilines is 1. The van der Waals surface area contributed by atoms with Crippen LogP contribution in [0.25, 0.3) is 11.3 Å². The van der Waals surface area contributed by atoms with Gasteiger partial charge in [0.2, 0.25) is 0 Å². The number of rotatable bonds is 4. The molecule has 30 heavy (non-hydrogen) atoms. The van der Waals surface area contributed by atoms with E-state index in [1.165, 1.54) is 0 Å². The zero-order valence-electron chi connectivity index (χ0n) is 17.4. The Hall–Kier alpha value is -2.69. The van der Waals surface area contributed by atoms with Crippen LogP contribution in [0.4, 0.5) is 5.69 Å². The van der Waals surface area contributed by atoms with Crippen molar-refractivity contribution in [3.63, 3.8) is 0 Å². The molecule has 2 heterocycles. The van der Waals surface area contributed by atoms with E-state index in [1.807, 2.05) is 78.6 Å². The van der Waals surface area contributed by atoms with E-state index in [2.05, 4.69) is 11.9 Å². The van der Waals surface area contributed by atoms with Crippen molar-refractivity contribution in [2.45, 2.75) is 25.8 Å². The Balaban J connectivity index is 1.68. The van der Waals surface area contributed by atoms with Gasteiger partial charge < -0.3 is 9.80 Å². The fourth-order valence-corrected chi connectivity index (χ4v) is 4.16. The fourth-order valence-electron chi connectivity index (χ4n) is 4.04. The van der Waals surface area contributed by atoms with Gasteiger partial charge in [-0.1, -0.05) is 41.9 Å². The minimum Gasteiger partial charge on any atom is -0.306 e. The quantitative estimate of drug-likeness (QED) is 0.564. The molecule has 0 atom stereocenters. The Labute approximate surface area is 183 Å². The van der Waals surface area contributed by atoms with Crippen molar-refractivity contribution in [1.29, 1.82) is 0 Å². The first-order chi connectivity index (χ1) is 14.5. The normalized spacial score (nSPS) is 15.2. The summed E-state index contributed by atoms with van der Waals surface area (Å²) >= 11 is 6.10. The largest absolute Gasteiger partial charge is 0.306 e. The summed E-state index contributed by atoms with van der Waals surface area (Å²) < 4.78 is 0. The van der Waals surface area contributed by atoms with Crippen LogP contribution >= 0.6 is 11.6 Å². The predicted molar refractivity (Wildman–Crippen MR) is 123 cm³/mol. The lowest BCUT2D eigenvalue weighted by Crippen LogP contribution is -2.47. The molecule has 1 aliphatic heterocycles. The predicted octanol–water partition coefficient (Wildman–Crippen LogP) is 5.45. The number of aromatic nitrogens is 1. The molecule has 3 aromatic rings. The van der Waals surface area contributed by atoms with Crippen LogP contribution in [0.5, 0.6) is 0 Å². The first-order valence-electron chi connectivity index (χ1n) is 10.3. The van der Waals surface area contributed by atoms with E-state index in [0.717, 1.165) is 48.6 Å². The molecule has 0 aliphatic carbocycles. The highest BCUT2D eigenvalue weighted by molar-refractivity contribution is 6.30. The molecule has 2 aromatic carbocycles. The average molecular weight is 420 g/mol. The minimum absolute atomic E-state index is 0.00325. The number of aryl methyl sites for hydroxylation is 1. The Morgan fingerprint density at radius 3 is 2.30 bits per heavy atom. The third-order valence-electron chi connectivity index (χ3n) is 5.76. The molecular formula is C25H26ClN3O. The number of nitrogens with zero attached hydrogens (tertiary/aromatic N) is 3. The van der Waals surface area contributed by atoms with Crippen molar-refractivity contribution in [3.8, 4) is 11.3 Å². The summed E-state index contributed by atoms with van der Waals surface area (Å²) in [6.45, 7) is 3.87. The van der Waals surface area contributed by atoms with Gasteiger partial charge in [0.05, 0.1) is 17.0 Å². The number of amides is 1. The van der Waals surface area contributed by atoms with Crippen molar-refractivity contribution in [2.24, 2.45) is 0 Å². The van der Waals surface area contributed by atoms with Crippen LogP contribution in [0.1, 0.15) is 28.9 Å². The molecule has 1 amide bonds. The Morgan fingerprint density at radius 1 is 1.00 bits per heavy atom.